The number of hydrogen-bond donors (Lipinski definition) is 2. The fraction of sp³-hybridized carbons (Fsp3) is 0.500. The molecule has 0 saturated heterocycles. The Labute approximate surface area is 203 Å². The molecule has 0 radical (unpaired) electrons. The first kappa shape index (κ1) is 25.0. The number of anilines is 2. The van der Waals surface area contributed by atoms with Crippen LogP contribution in [0.25, 0.3) is 22.5 Å². The molecule has 2 N–H and O–H groups in total. The summed E-state index contributed by atoms with van der Waals surface area (Å²) in [6.45, 7) is 8.77. The van der Waals surface area contributed by atoms with Gasteiger partial charge in [0.1, 0.15) is 12.2 Å². The van der Waals surface area contributed by atoms with Gasteiger partial charge in [0.2, 0.25) is 0 Å². The largest absolute Gasteiger partial charge is 0.405 e. The zero-order valence-electron chi connectivity index (χ0n) is 20.4. The second kappa shape index (κ2) is 9.87. The standard InChI is InChI=1S/C26H32F3N5O/c1-5-6-9-16-12-21(23-33-34-24(35-23)31-17-10-7-8-11-17)32-22-19(16)13-18(30-15-26(27,28)29)14-20(22)25(2,3)4/h5,12-14,17,30H,1,6-11,15H2,2-4H3,(H,31,34). The lowest BCUT2D eigenvalue weighted by Crippen LogP contribution is -2.22. The van der Waals surface area contributed by atoms with E-state index in [4.69, 9.17) is 9.40 Å². The Hall–Kier alpha value is -3.10. The Morgan fingerprint density at radius 3 is 2.51 bits per heavy atom. The van der Waals surface area contributed by atoms with Crippen molar-refractivity contribution in [2.45, 2.75) is 76.9 Å². The van der Waals surface area contributed by atoms with E-state index in [1.54, 1.807) is 12.1 Å². The quantitative estimate of drug-likeness (QED) is 0.332. The molecule has 1 aromatic carbocycles. The van der Waals surface area contributed by atoms with E-state index < -0.39 is 12.7 Å². The van der Waals surface area contributed by atoms with Crippen LogP contribution in [-0.2, 0) is 11.8 Å². The van der Waals surface area contributed by atoms with Crippen LogP contribution in [0.1, 0.15) is 64.0 Å². The van der Waals surface area contributed by atoms with Gasteiger partial charge in [-0.2, -0.15) is 13.2 Å². The number of aromatic nitrogens is 3. The Balaban J connectivity index is 1.79. The van der Waals surface area contributed by atoms with E-state index in [0.29, 0.717) is 42.2 Å². The number of nitrogens with one attached hydrogen (secondary N) is 2. The van der Waals surface area contributed by atoms with Gasteiger partial charge in [0.25, 0.3) is 5.89 Å². The molecule has 35 heavy (non-hydrogen) atoms. The number of rotatable bonds is 8. The number of halogens is 3. The van der Waals surface area contributed by atoms with E-state index in [9.17, 15) is 13.2 Å². The van der Waals surface area contributed by atoms with Crippen LogP contribution in [0.15, 0.2) is 35.3 Å². The van der Waals surface area contributed by atoms with Crippen molar-refractivity contribution in [1.82, 2.24) is 15.2 Å². The summed E-state index contributed by atoms with van der Waals surface area (Å²) in [7, 11) is 0. The number of aryl methyl sites for hydroxylation is 1. The minimum Gasteiger partial charge on any atom is -0.402 e. The molecule has 0 spiro atoms. The van der Waals surface area contributed by atoms with E-state index in [2.05, 4.69) is 27.4 Å². The van der Waals surface area contributed by atoms with Crippen LogP contribution in [0.3, 0.4) is 0 Å². The topological polar surface area (TPSA) is 75.9 Å². The van der Waals surface area contributed by atoms with Gasteiger partial charge in [-0.1, -0.05) is 44.8 Å². The van der Waals surface area contributed by atoms with Crippen LogP contribution in [0, 0.1) is 0 Å². The lowest BCUT2D eigenvalue weighted by atomic mass is 9.84. The number of pyridine rings is 1. The summed E-state index contributed by atoms with van der Waals surface area (Å²) >= 11 is 0. The van der Waals surface area contributed by atoms with Crippen molar-refractivity contribution in [2.75, 3.05) is 17.2 Å². The maximum atomic E-state index is 12.9. The van der Waals surface area contributed by atoms with E-state index in [1.165, 1.54) is 12.8 Å². The number of allylic oxidation sites excluding steroid dienone is 1. The second-order valence-corrected chi connectivity index (χ2v) is 10.2. The van der Waals surface area contributed by atoms with Crippen molar-refractivity contribution >= 4 is 22.6 Å². The maximum Gasteiger partial charge on any atom is 0.405 e. The molecule has 4 rings (SSSR count). The highest BCUT2D eigenvalue weighted by atomic mass is 19.4. The summed E-state index contributed by atoms with van der Waals surface area (Å²) in [5.74, 6) is 0.311. The minimum absolute atomic E-state index is 0.311. The molecule has 0 amide bonds. The number of hydrogen-bond acceptors (Lipinski definition) is 6. The van der Waals surface area contributed by atoms with E-state index in [0.717, 1.165) is 34.9 Å². The third-order valence-corrected chi connectivity index (χ3v) is 6.24. The molecule has 0 aliphatic heterocycles. The highest BCUT2D eigenvalue weighted by Crippen LogP contribution is 2.36. The summed E-state index contributed by atoms with van der Waals surface area (Å²) in [4.78, 5) is 4.88. The number of fused-ring (bicyclic) bond motifs is 1. The molecule has 1 saturated carbocycles. The van der Waals surface area contributed by atoms with E-state index >= 15 is 0 Å². The Morgan fingerprint density at radius 1 is 1.11 bits per heavy atom. The van der Waals surface area contributed by atoms with Gasteiger partial charge < -0.3 is 15.1 Å². The van der Waals surface area contributed by atoms with Gasteiger partial charge in [-0.25, -0.2) is 4.98 Å². The Morgan fingerprint density at radius 2 is 1.86 bits per heavy atom. The molecule has 1 aliphatic rings. The zero-order valence-corrected chi connectivity index (χ0v) is 20.4. The van der Waals surface area contributed by atoms with Crippen molar-refractivity contribution in [3.8, 4) is 11.6 Å². The van der Waals surface area contributed by atoms with Crippen LogP contribution in [0.2, 0.25) is 0 Å². The molecule has 6 nitrogen and oxygen atoms in total. The third-order valence-electron chi connectivity index (χ3n) is 6.24. The molecule has 2 heterocycles. The van der Waals surface area contributed by atoms with Gasteiger partial charge in [0.05, 0.1) is 5.52 Å². The molecule has 188 valence electrons. The molecule has 0 atom stereocenters. The van der Waals surface area contributed by atoms with E-state index in [-0.39, 0.29) is 5.41 Å². The van der Waals surface area contributed by atoms with Crippen molar-refractivity contribution in [3.63, 3.8) is 0 Å². The number of alkyl halides is 3. The molecule has 0 bridgehead atoms. The molecule has 1 fully saturated rings. The molecule has 9 heteroatoms. The van der Waals surface area contributed by atoms with Gasteiger partial charge in [-0.15, -0.1) is 11.7 Å². The Bertz CT molecular complexity index is 1190. The average Bonchev–Trinajstić information content (AvgIpc) is 3.47. The van der Waals surface area contributed by atoms with Crippen LogP contribution in [0.5, 0.6) is 0 Å². The van der Waals surface area contributed by atoms with Crippen molar-refractivity contribution < 1.29 is 17.6 Å². The monoisotopic (exact) mass is 487 g/mol. The maximum absolute atomic E-state index is 12.9. The van der Waals surface area contributed by atoms with E-state index in [1.807, 2.05) is 32.9 Å². The second-order valence-electron chi connectivity index (χ2n) is 10.2. The molecule has 2 aromatic heterocycles. The fourth-order valence-corrected chi connectivity index (χ4v) is 4.48. The van der Waals surface area contributed by atoms with Crippen molar-refractivity contribution in [3.05, 3.63) is 42.0 Å². The normalized spacial score (nSPS) is 15.0. The predicted molar refractivity (Wildman–Crippen MR) is 133 cm³/mol. The van der Waals surface area contributed by atoms with Gasteiger partial charge in [0, 0.05) is 17.1 Å². The highest BCUT2D eigenvalue weighted by molar-refractivity contribution is 5.91. The Kier molecular flexibility index (Phi) is 7.05. The molecule has 0 unspecified atom stereocenters. The predicted octanol–water partition coefficient (Wildman–Crippen LogP) is 7.03. The molecule has 3 aromatic rings. The lowest BCUT2D eigenvalue weighted by Gasteiger charge is -2.24. The smallest absolute Gasteiger partial charge is 0.402 e. The summed E-state index contributed by atoms with van der Waals surface area (Å²) < 4.78 is 44.6. The lowest BCUT2D eigenvalue weighted by molar-refractivity contribution is -0.115. The summed E-state index contributed by atoms with van der Waals surface area (Å²) in [5, 5.41) is 15.0. The average molecular weight is 488 g/mol. The van der Waals surface area contributed by atoms with Crippen LogP contribution in [0.4, 0.5) is 24.9 Å². The first-order valence-electron chi connectivity index (χ1n) is 12.0. The molecular formula is C26H32F3N5O. The van der Waals surface area contributed by atoms with Gasteiger partial charge in [0.15, 0.2) is 0 Å². The first-order valence-corrected chi connectivity index (χ1v) is 12.0. The van der Waals surface area contributed by atoms with Gasteiger partial charge in [-0.3, -0.25) is 0 Å². The van der Waals surface area contributed by atoms with Crippen molar-refractivity contribution in [2.24, 2.45) is 0 Å². The zero-order chi connectivity index (χ0) is 25.2. The third kappa shape index (κ3) is 6.13. The van der Waals surface area contributed by atoms with Crippen LogP contribution >= 0.6 is 0 Å². The molecule has 1 aliphatic carbocycles. The van der Waals surface area contributed by atoms with Crippen LogP contribution in [-0.4, -0.2) is 33.9 Å². The van der Waals surface area contributed by atoms with Crippen LogP contribution < -0.4 is 10.6 Å². The van der Waals surface area contributed by atoms with Crippen molar-refractivity contribution in [1.29, 1.82) is 0 Å². The highest BCUT2D eigenvalue weighted by Gasteiger charge is 2.28. The number of nitrogens with zero attached hydrogens (tertiary/aromatic N) is 3. The fourth-order valence-electron chi connectivity index (χ4n) is 4.48. The SMILES string of the molecule is C=CCCc1cc(-c2nnc(NC3CCCC3)o2)nc2c(C(C)(C)C)cc(NCC(F)(F)F)cc12. The first-order chi connectivity index (χ1) is 16.5. The molecular weight excluding hydrogens is 455 g/mol. The van der Waals surface area contributed by atoms with Gasteiger partial charge in [-0.05, 0) is 60.4 Å². The number of benzene rings is 1. The summed E-state index contributed by atoms with van der Waals surface area (Å²) in [6.07, 6.45) is 3.41. The minimum atomic E-state index is -4.31. The van der Waals surface area contributed by atoms with Gasteiger partial charge >= 0.3 is 12.2 Å². The summed E-state index contributed by atoms with van der Waals surface area (Å²) in [5.41, 5.74) is 3.09. The summed E-state index contributed by atoms with van der Waals surface area (Å²) in [6, 6.07) is 6.10.